The van der Waals surface area contributed by atoms with E-state index in [1.807, 2.05) is 0 Å². The average molecular weight is 283 g/mol. The van der Waals surface area contributed by atoms with Gasteiger partial charge in [0, 0.05) is 18.4 Å². The Labute approximate surface area is 114 Å². The van der Waals surface area contributed by atoms with E-state index in [0.29, 0.717) is 0 Å². The van der Waals surface area contributed by atoms with Gasteiger partial charge in [0.05, 0.1) is 7.11 Å². The number of Topliss-reactive ketones (excluding diaryl/α,β-unsaturated/α-hetero) is 1. The summed E-state index contributed by atoms with van der Waals surface area (Å²) in [6, 6.07) is 3.77. The van der Waals surface area contributed by atoms with Crippen LogP contribution in [0.25, 0.3) is 0 Å². The number of hydrogen-bond donors (Lipinski definition) is 2. The van der Waals surface area contributed by atoms with E-state index < -0.39 is 30.0 Å². The molecule has 1 aromatic rings. The van der Waals surface area contributed by atoms with Crippen molar-refractivity contribution in [2.45, 2.75) is 12.8 Å². The first-order valence-electron chi connectivity index (χ1n) is 5.79. The summed E-state index contributed by atoms with van der Waals surface area (Å²) in [6.45, 7) is -0.496. The summed E-state index contributed by atoms with van der Waals surface area (Å²) in [5, 5.41) is 10.5. The Morgan fingerprint density at radius 1 is 1.30 bits per heavy atom. The second-order valence-electron chi connectivity index (χ2n) is 3.94. The van der Waals surface area contributed by atoms with Gasteiger partial charge in [0.25, 0.3) is 0 Å². The molecule has 0 aliphatic rings. The zero-order chi connectivity index (χ0) is 15.1. The molecule has 0 heterocycles. The van der Waals surface area contributed by atoms with Gasteiger partial charge in [-0.25, -0.2) is 4.39 Å². The molecule has 2 N–H and O–H groups in total. The molecule has 108 valence electrons. The quantitative estimate of drug-likeness (QED) is 0.728. The number of amides is 1. The Bertz CT molecular complexity index is 529. The lowest BCUT2D eigenvalue weighted by Crippen LogP contribution is -2.29. The number of ketones is 1. The zero-order valence-electron chi connectivity index (χ0n) is 10.8. The van der Waals surface area contributed by atoms with Gasteiger partial charge < -0.3 is 15.2 Å². The lowest BCUT2D eigenvalue weighted by molar-refractivity contribution is -0.137. The van der Waals surface area contributed by atoms with Crippen LogP contribution in [0.2, 0.25) is 0 Å². The number of carboxylic acids is 1. The van der Waals surface area contributed by atoms with E-state index in [1.54, 1.807) is 0 Å². The molecule has 20 heavy (non-hydrogen) atoms. The number of carbonyl (C=O) groups excluding carboxylic acids is 2. The van der Waals surface area contributed by atoms with Crippen molar-refractivity contribution in [1.29, 1.82) is 0 Å². The molecule has 0 aromatic heterocycles. The number of nitrogens with one attached hydrogen (secondary N) is 1. The highest BCUT2D eigenvalue weighted by molar-refractivity contribution is 5.98. The fourth-order valence-corrected chi connectivity index (χ4v) is 1.47. The van der Waals surface area contributed by atoms with Crippen molar-refractivity contribution in [1.82, 2.24) is 5.32 Å². The highest BCUT2D eigenvalue weighted by atomic mass is 19.1. The molecule has 0 fully saturated rings. The minimum atomic E-state index is -1.16. The molecule has 1 rings (SSSR count). The van der Waals surface area contributed by atoms with Gasteiger partial charge in [-0.2, -0.15) is 0 Å². The molecule has 0 atom stereocenters. The largest absolute Gasteiger partial charge is 0.494 e. The van der Waals surface area contributed by atoms with Crippen LogP contribution in [0.3, 0.4) is 0 Å². The monoisotopic (exact) mass is 283 g/mol. The van der Waals surface area contributed by atoms with Crippen molar-refractivity contribution >= 4 is 17.7 Å². The summed E-state index contributed by atoms with van der Waals surface area (Å²) in [4.78, 5) is 33.2. The molecule has 6 nitrogen and oxygen atoms in total. The molecule has 0 radical (unpaired) electrons. The summed E-state index contributed by atoms with van der Waals surface area (Å²) >= 11 is 0. The van der Waals surface area contributed by atoms with Crippen LogP contribution in [0, 0.1) is 5.82 Å². The second-order valence-corrected chi connectivity index (χ2v) is 3.94. The standard InChI is InChI=1S/C13H14FNO5/c1-20-11-4-2-8(6-9(11)14)10(16)3-5-12(17)15-7-13(18)19/h2,4,6H,3,5,7H2,1H3,(H,15,17)(H,18,19). The van der Waals surface area contributed by atoms with Gasteiger partial charge in [0.1, 0.15) is 6.54 Å². The Kier molecular flexibility index (Phi) is 5.64. The minimum Gasteiger partial charge on any atom is -0.494 e. The number of hydrogen-bond acceptors (Lipinski definition) is 4. The highest BCUT2D eigenvalue weighted by Crippen LogP contribution is 2.18. The molecule has 7 heteroatoms. The molecule has 0 aliphatic carbocycles. The maximum absolute atomic E-state index is 13.4. The maximum atomic E-state index is 13.4. The van der Waals surface area contributed by atoms with Crippen molar-refractivity contribution in [3.63, 3.8) is 0 Å². The lowest BCUT2D eigenvalue weighted by Gasteiger charge is -2.05. The van der Waals surface area contributed by atoms with Gasteiger partial charge in [-0.1, -0.05) is 0 Å². The summed E-state index contributed by atoms with van der Waals surface area (Å²) in [5.41, 5.74) is 0.134. The molecule has 0 saturated heterocycles. The summed E-state index contributed by atoms with van der Waals surface area (Å²) in [7, 11) is 1.31. The minimum absolute atomic E-state index is 0.0285. The van der Waals surface area contributed by atoms with Crippen molar-refractivity contribution in [2.75, 3.05) is 13.7 Å². The van der Waals surface area contributed by atoms with Crippen molar-refractivity contribution in [2.24, 2.45) is 0 Å². The number of benzene rings is 1. The number of methoxy groups -OCH3 is 1. The van der Waals surface area contributed by atoms with E-state index in [4.69, 9.17) is 9.84 Å². The van der Waals surface area contributed by atoms with Gasteiger partial charge >= 0.3 is 5.97 Å². The Balaban J connectivity index is 2.52. The molecular weight excluding hydrogens is 269 g/mol. The number of rotatable bonds is 7. The van der Waals surface area contributed by atoms with Crippen LogP contribution in [0.5, 0.6) is 5.75 Å². The first-order valence-corrected chi connectivity index (χ1v) is 5.79. The van der Waals surface area contributed by atoms with Crippen LogP contribution in [0.15, 0.2) is 18.2 Å². The van der Waals surface area contributed by atoms with Gasteiger partial charge in [-0.3, -0.25) is 14.4 Å². The highest BCUT2D eigenvalue weighted by Gasteiger charge is 2.12. The molecule has 0 saturated carbocycles. The van der Waals surface area contributed by atoms with E-state index in [2.05, 4.69) is 5.32 Å². The van der Waals surface area contributed by atoms with E-state index in [1.165, 1.54) is 19.2 Å². The van der Waals surface area contributed by atoms with Crippen LogP contribution in [0.4, 0.5) is 4.39 Å². The first-order chi connectivity index (χ1) is 9.43. The SMILES string of the molecule is COc1ccc(C(=O)CCC(=O)NCC(=O)O)cc1F. The number of halogens is 1. The average Bonchev–Trinajstić information content (AvgIpc) is 2.42. The molecule has 1 aromatic carbocycles. The Morgan fingerprint density at radius 3 is 2.55 bits per heavy atom. The topological polar surface area (TPSA) is 92.7 Å². The predicted molar refractivity (Wildman–Crippen MR) is 67.2 cm³/mol. The third-order valence-electron chi connectivity index (χ3n) is 2.49. The molecule has 0 aliphatic heterocycles. The summed E-state index contributed by atoms with van der Waals surface area (Å²) < 4.78 is 18.1. The molecular formula is C13H14FNO5. The third-order valence-corrected chi connectivity index (χ3v) is 2.49. The van der Waals surface area contributed by atoms with Crippen molar-refractivity contribution in [3.8, 4) is 5.75 Å². The van der Waals surface area contributed by atoms with Gasteiger partial charge in [0.15, 0.2) is 17.3 Å². The number of ether oxygens (including phenoxy) is 1. The smallest absolute Gasteiger partial charge is 0.322 e. The Hall–Kier alpha value is -2.44. The van der Waals surface area contributed by atoms with Crippen LogP contribution in [-0.2, 0) is 9.59 Å². The molecule has 0 spiro atoms. The van der Waals surface area contributed by atoms with E-state index in [0.717, 1.165) is 6.07 Å². The fraction of sp³-hybridized carbons (Fsp3) is 0.308. The van der Waals surface area contributed by atoms with Crippen molar-refractivity contribution in [3.05, 3.63) is 29.6 Å². The maximum Gasteiger partial charge on any atom is 0.322 e. The zero-order valence-corrected chi connectivity index (χ0v) is 10.8. The summed E-state index contributed by atoms with van der Waals surface area (Å²) in [6.07, 6.45) is -0.281. The van der Waals surface area contributed by atoms with Gasteiger partial charge in [-0.05, 0) is 18.2 Å². The number of carbonyl (C=O) groups is 3. The number of aliphatic carboxylic acids is 1. The van der Waals surface area contributed by atoms with Crippen molar-refractivity contribution < 1.29 is 28.6 Å². The van der Waals surface area contributed by atoms with Gasteiger partial charge in [0.2, 0.25) is 5.91 Å². The second kappa shape index (κ2) is 7.22. The van der Waals surface area contributed by atoms with Crippen LogP contribution in [-0.4, -0.2) is 36.4 Å². The van der Waals surface area contributed by atoms with Crippen LogP contribution < -0.4 is 10.1 Å². The lowest BCUT2D eigenvalue weighted by atomic mass is 10.1. The third kappa shape index (κ3) is 4.68. The molecule has 1 amide bonds. The first kappa shape index (κ1) is 15.6. The molecule has 0 bridgehead atoms. The van der Waals surface area contributed by atoms with E-state index in [-0.39, 0.29) is 24.2 Å². The molecule has 0 unspecified atom stereocenters. The fourth-order valence-electron chi connectivity index (χ4n) is 1.47. The van der Waals surface area contributed by atoms with Crippen LogP contribution in [0.1, 0.15) is 23.2 Å². The summed E-state index contributed by atoms with van der Waals surface area (Å²) in [5.74, 6) is -2.75. The van der Waals surface area contributed by atoms with Crippen LogP contribution >= 0.6 is 0 Å². The normalized spacial score (nSPS) is 9.90. The predicted octanol–water partition coefficient (Wildman–Crippen LogP) is 0.998. The van der Waals surface area contributed by atoms with E-state index >= 15 is 0 Å². The number of carboxylic acid groups (broad SMARTS) is 1. The van der Waals surface area contributed by atoms with Gasteiger partial charge in [-0.15, -0.1) is 0 Å². The van der Waals surface area contributed by atoms with E-state index in [9.17, 15) is 18.8 Å². The Morgan fingerprint density at radius 2 is 2.00 bits per heavy atom.